The summed E-state index contributed by atoms with van der Waals surface area (Å²) in [7, 11) is 0.999. The third-order valence-corrected chi connectivity index (χ3v) is 4.27. The Labute approximate surface area is 166 Å². The monoisotopic (exact) mass is 524 g/mol. The van der Waals surface area contributed by atoms with Crippen LogP contribution in [0.5, 0.6) is 0 Å². The highest BCUT2D eigenvalue weighted by atomic mass is 79.9. The van der Waals surface area contributed by atoms with Gasteiger partial charge in [0.15, 0.2) is 12.2 Å². The Morgan fingerprint density at radius 3 is 1.67 bits per heavy atom. The van der Waals surface area contributed by atoms with E-state index in [1.54, 1.807) is 0 Å². The highest BCUT2D eigenvalue weighted by Crippen LogP contribution is 2.37. The molecule has 0 aliphatic rings. The second-order valence-electron chi connectivity index (χ2n) is 4.84. The van der Waals surface area contributed by atoms with E-state index >= 15 is 0 Å². The highest BCUT2D eigenvalue weighted by molar-refractivity contribution is 9.10. The summed E-state index contributed by atoms with van der Waals surface area (Å²) in [6.07, 6.45) is -11.2. The molecule has 0 saturated carbocycles. The van der Waals surface area contributed by atoms with Crippen molar-refractivity contribution in [2.24, 2.45) is 0 Å². The van der Waals surface area contributed by atoms with Crippen LogP contribution in [-0.4, -0.2) is 34.5 Å². The van der Waals surface area contributed by atoms with Gasteiger partial charge < -0.3 is 9.84 Å². The molecule has 0 aliphatic carbocycles. The lowest BCUT2D eigenvalue weighted by atomic mass is 10.2. The van der Waals surface area contributed by atoms with Gasteiger partial charge in [-0.1, -0.05) is 0 Å². The van der Waals surface area contributed by atoms with Crippen molar-refractivity contribution in [2.45, 2.75) is 24.6 Å². The van der Waals surface area contributed by atoms with Crippen molar-refractivity contribution in [3.05, 3.63) is 57.0 Å². The van der Waals surface area contributed by atoms with E-state index in [0.29, 0.717) is 0 Å². The normalized spacial score (nSPS) is 14.1. The fourth-order valence-corrected chi connectivity index (χ4v) is 2.68. The summed E-state index contributed by atoms with van der Waals surface area (Å²) in [4.78, 5) is 7.05. The lowest BCUT2D eigenvalue weighted by Crippen LogP contribution is -2.23. The molecule has 150 valence electrons. The van der Waals surface area contributed by atoms with Crippen LogP contribution in [0.1, 0.15) is 23.6 Å². The number of methoxy groups -OCH3 is 1. The van der Waals surface area contributed by atoms with Crippen LogP contribution in [0.3, 0.4) is 0 Å². The number of aliphatic hydroxyl groups is 1. The standard InChI is InChI=1S/C8H7BrF3NO.C7H5BrF3NO/c1-14-7(8(10,11)12)6-5(9)3-2-4-13-6;8-4-2-1-3-12-5(4)6(13)7(9,10)11/h2-4,7H,1H3;1-3,6,13H. The quantitative estimate of drug-likeness (QED) is 0.535. The molecule has 4 nitrogen and oxygen atoms in total. The molecule has 0 amide bonds. The van der Waals surface area contributed by atoms with Crippen molar-refractivity contribution in [3.63, 3.8) is 0 Å². The largest absolute Gasteiger partial charge is 0.420 e. The molecule has 2 aromatic rings. The van der Waals surface area contributed by atoms with Crippen molar-refractivity contribution in [1.29, 1.82) is 0 Å². The van der Waals surface area contributed by atoms with Crippen LogP contribution >= 0.6 is 31.9 Å². The van der Waals surface area contributed by atoms with E-state index in [1.165, 1.54) is 36.7 Å². The smallest absolute Gasteiger partial charge is 0.378 e. The molecule has 1 N–H and O–H groups in total. The van der Waals surface area contributed by atoms with E-state index < -0.39 is 30.3 Å². The molecule has 12 heteroatoms. The number of halogens is 8. The Bertz CT molecular complexity index is 743. The lowest BCUT2D eigenvalue weighted by molar-refractivity contribution is -0.217. The van der Waals surface area contributed by atoms with Crippen LogP contribution in [0.2, 0.25) is 0 Å². The number of alkyl halides is 6. The molecule has 2 aromatic heterocycles. The summed E-state index contributed by atoms with van der Waals surface area (Å²) in [6.45, 7) is 0. The second-order valence-corrected chi connectivity index (χ2v) is 6.55. The highest BCUT2D eigenvalue weighted by Gasteiger charge is 2.43. The third-order valence-electron chi connectivity index (χ3n) is 2.92. The number of hydrogen-bond donors (Lipinski definition) is 1. The van der Waals surface area contributed by atoms with Crippen LogP contribution in [0, 0.1) is 0 Å². The van der Waals surface area contributed by atoms with Crippen LogP contribution < -0.4 is 0 Å². The number of aromatic nitrogens is 2. The van der Waals surface area contributed by atoms with Gasteiger partial charge in [-0.3, -0.25) is 9.97 Å². The van der Waals surface area contributed by atoms with Gasteiger partial charge in [0.25, 0.3) is 0 Å². The molecule has 0 aliphatic heterocycles. The molecule has 0 saturated heterocycles. The topological polar surface area (TPSA) is 55.2 Å². The van der Waals surface area contributed by atoms with E-state index in [9.17, 15) is 26.3 Å². The molecule has 2 atom stereocenters. The third kappa shape index (κ3) is 7.01. The Hall–Kier alpha value is -1.24. The summed E-state index contributed by atoms with van der Waals surface area (Å²) in [5, 5.41) is 8.82. The van der Waals surface area contributed by atoms with Crippen molar-refractivity contribution in [3.8, 4) is 0 Å². The SMILES string of the molecule is COC(c1ncccc1Br)C(F)(F)F.OC(c1ncccc1Br)C(F)(F)F. The molecule has 2 heterocycles. The van der Waals surface area contributed by atoms with E-state index in [0.717, 1.165) is 7.11 Å². The van der Waals surface area contributed by atoms with Crippen molar-refractivity contribution in [2.75, 3.05) is 7.11 Å². The number of ether oxygens (including phenoxy) is 1. The summed E-state index contributed by atoms with van der Waals surface area (Å²) in [5.41, 5.74) is -0.586. The van der Waals surface area contributed by atoms with Gasteiger partial charge in [0.05, 0.1) is 11.4 Å². The van der Waals surface area contributed by atoms with Gasteiger partial charge in [-0.15, -0.1) is 0 Å². The van der Waals surface area contributed by atoms with Crippen molar-refractivity contribution < 1.29 is 36.2 Å². The molecule has 0 radical (unpaired) electrons. The van der Waals surface area contributed by atoms with Gasteiger partial charge in [-0.05, 0) is 56.1 Å². The minimum absolute atomic E-state index is 0.139. The zero-order chi connectivity index (χ0) is 20.8. The first kappa shape index (κ1) is 23.8. The van der Waals surface area contributed by atoms with Crippen molar-refractivity contribution >= 4 is 31.9 Å². The predicted octanol–water partition coefficient (Wildman–Crippen LogP) is 5.53. The number of aliphatic hydroxyl groups excluding tert-OH is 1. The Morgan fingerprint density at radius 2 is 1.33 bits per heavy atom. The molecular formula is C15H12Br2F6N2O2. The molecule has 27 heavy (non-hydrogen) atoms. The maximum atomic E-state index is 12.4. The summed E-state index contributed by atoms with van der Waals surface area (Å²) in [6, 6.07) is 5.88. The average molecular weight is 526 g/mol. The maximum absolute atomic E-state index is 12.4. The van der Waals surface area contributed by atoms with E-state index in [4.69, 9.17) is 5.11 Å². The predicted molar refractivity (Wildman–Crippen MR) is 90.7 cm³/mol. The fourth-order valence-electron chi connectivity index (χ4n) is 1.75. The summed E-state index contributed by atoms with van der Waals surface area (Å²) in [5.74, 6) is 0. The zero-order valence-electron chi connectivity index (χ0n) is 13.4. The van der Waals surface area contributed by atoms with Crippen LogP contribution in [-0.2, 0) is 4.74 Å². The first-order chi connectivity index (χ1) is 12.4. The second kappa shape index (κ2) is 9.80. The van der Waals surface area contributed by atoms with Gasteiger partial charge in [-0.2, -0.15) is 26.3 Å². The van der Waals surface area contributed by atoms with Crippen LogP contribution in [0.4, 0.5) is 26.3 Å². The molecule has 0 spiro atoms. The van der Waals surface area contributed by atoms with Gasteiger partial charge in [-0.25, -0.2) is 0 Å². The Morgan fingerprint density at radius 1 is 0.889 bits per heavy atom. The molecule has 0 aromatic carbocycles. The van der Waals surface area contributed by atoms with E-state index in [-0.39, 0.29) is 14.6 Å². The number of hydrogen-bond acceptors (Lipinski definition) is 4. The van der Waals surface area contributed by atoms with Crippen LogP contribution in [0.15, 0.2) is 45.6 Å². The first-order valence-corrected chi connectivity index (χ1v) is 8.53. The minimum atomic E-state index is -4.68. The number of pyridine rings is 2. The molecule has 2 rings (SSSR count). The van der Waals surface area contributed by atoms with Gasteiger partial charge in [0.2, 0.25) is 0 Å². The zero-order valence-corrected chi connectivity index (χ0v) is 16.6. The fraction of sp³-hybridized carbons (Fsp3) is 0.333. The molecule has 0 bridgehead atoms. The van der Waals surface area contributed by atoms with Gasteiger partial charge in [0, 0.05) is 28.4 Å². The number of rotatable bonds is 3. The Balaban J connectivity index is 0.000000271. The van der Waals surface area contributed by atoms with Crippen LogP contribution in [0.25, 0.3) is 0 Å². The molecule has 2 unspecified atom stereocenters. The average Bonchev–Trinajstić information content (AvgIpc) is 2.56. The molecular weight excluding hydrogens is 514 g/mol. The first-order valence-electron chi connectivity index (χ1n) is 6.94. The molecule has 0 fully saturated rings. The maximum Gasteiger partial charge on any atom is 0.420 e. The minimum Gasteiger partial charge on any atom is -0.378 e. The summed E-state index contributed by atoms with van der Waals surface area (Å²) < 4.78 is 78.0. The Kier molecular flexibility index (Phi) is 8.64. The van der Waals surface area contributed by atoms with Crippen molar-refractivity contribution in [1.82, 2.24) is 9.97 Å². The van der Waals surface area contributed by atoms with E-state index in [2.05, 4.69) is 46.6 Å². The summed E-state index contributed by atoms with van der Waals surface area (Å²) >= 11 is 5.85. The van der Waals surface area contributed by atoms with Gasteiger partial charge in [0.1, 0.15) is 0 Å². The van der Waals surface area contributed by atoms with E-state index in [1.807, 2.05) is 0 Å². The van der Waals surface area contributed by atoms with Gasteiger partial charge >= 0.3 is 12.4 Å². The number of nitrogens with zero attached hydrogens (tertiary/aromatic N) is 2. The lowest BCUT2D eigenvalue weighted by Gasteiger charge is -2.18.